The lowest BCUT2D eigenvalue weighted by Crippen LogP contribution is -2.60. The van der Waals surface area contributed by atoms with Gasteiger partial charge >= 0.3 is 0 Å². The normalized spacial score (nSPS) is 43.1. The number of ether oxygens (including phenoxy) is 1. The van der Waals surface area contributed by atoms with Gasteiger partial charge in [-0.25, -0.2) is 0 Å². The molecule has 3 heterocycles. The lowest BCUT2D eigenvalue weighted by Gasteiger charge is -2.50. The van der Waals surface area contributed by atoms with Crippen LogP contribution in [-0.4, -0.2) is 60.6 Å². The van der Waals surface area contributed by atoms with Crippen LogP contribution in [0.15, 0.2) is 0 Å². The molecular formula is C26H45N3O3. The summed E-state index contributed by atoms with van der Waals surface area (Å²) in [6, 6.07) is 1.01. The summed E-state index contributed by atoms with van der Waals surface area (Å²) in [5.41, 5.74) is 0.0669. The maximum atomic E-state index is 13.4. The van der Waals surface area contributed by atoms with Gasteiger partial charge < -0.3 is 20.3 Å². The molecule has 0 bridgehead atoms. The van der Waals surface area contributed by atoms with Crippen molar-refractivity contribution in [2.45, 2.75) is 110 Å². The molecule has 182 valence electrons. The Hall–Kier alpha value is -1.14. The van der Waals surface area contributed by atoms with E-state index in [0.29, 0.717) is 35.7 Å². The van der Waals surface area contributed by atoms with Crippen LogP contribution in [0.1, 0.15) is 79.6 Å². The maximum absolute atomic E-state index is 13.4. The van der Waals surface area contributed by atoms with Crippen LogP contribution in [0.2, 0.25) is 0 Å². The van der Waals surface area contributed by atoms with Gasteiger partial charge in [0.25, 0.3) is 0 Å². The molecule has 9 atom stereocenters. The van der Waals surface area contributed by atoms with E-state index in [0.717, 1.165) is 51.5 Å². The Bertz CT molecular complexity index is 705. The molecule has 6 nitrogen and oxygen atoms in total. The molecule has 3 aliphatic heterocycles. The molecule has 0 spiro atoms. The van der Waals surface area contributed by atoms with Gasteiger partial charge in [-0.15, -0.1) is 0 Å². The zero-order chi connectivity index (χ0) is 23.2. The number of piperidine rings is 2. The van der Waals surface area contributed by atoms with Crippen molar-refractivity contribution in [2.24, 2.45) is 29.1 Å². The summed E-state index contributed by atoms with van der Waals surface area (Å²) >= 11 is 0. The van der Waals surface area contributed by atoms with E-state index in [1.54, 1.807) is 0 Å². The molecule has 1 saturated carbocycles. The number of nitrogens with one attached hydrogen (secondary N) is 2. The van der Waals surface area contributed by atoms with Crippen LogP contribution in [0.5, 0.6) is 0 Å². The Morgan fingerprint density at radius 2 is 1.84 bits per heavy atom. The Labute approximate surface area is 194 Å². The molecule has 1 aliphatic carbocycles. The third-order valence-electron chi connectivity index (χ3n) is 8.99. The molecule has 6 heteroatoms. The zero-order valence-corrected chi connectivity index (χ0v) is 21.0. The van der Waals surface area contributed by atoms with Gasteiger partial charge in [0.15, 0.2) is 0 Å². The standard InChI is InChI=1S/C26H45N3O3/c1-15-7-8-18(28-24(30)22-9-10-23(32-22)26(3,4)5)13-19(15)20-12-17-14-27-16(2)11-21(17)29(6)25(20)31/h15-23,27H,7-14H2,1-6H3,(H,28,30). The first-order valence-corrected chi connectivity index (χ1v) is 13.0. The van der Waals surface area contributed by atoms with Crippen molar-refractivity contribution >= 4 is 11.8 Å². The number of hydrogen-bond acceptors (Lipinski definition) is 4. The lowest BCUT2D eigenvalue weighted by molar-refractivity contribution is -0.148. The summed E-state index contributed by atoms with van der Waals surface area (Å²) in [5, 5.41) is 6.93. The van der Waals surface area contributed by atoms with E-state index >= 15 is 0 Å². The first kappa shape index (κ1) is 24.0. The molecule has 4 rings (SSSR count). The van der Waals surface area contributed by atoms with Crippen molar-refractivity contribution in [3.05, 3.63) is 0 Å². The van der Waals surface area contributed by atoms with Gasteiger partial charge in [-0.1, -0.05) is 27.7 Å². The number of carbonyl (C=O) groups is 2. The monoisotopic (exact) mass is 447 g/mol. The molecule has 2 N–H and O–H groups in total. The van der Waals surface area contributed by atoms with Crippen LogP contribution in [0.25, 0.3) is 0 Å². The first-order chi connectivity index (χ1) is 15.0. The third kappa shape index (κ3) is 4.86. The summed E-state index contributed by atoms with van der Waals surface area (Å²) in [6.45, 7) is 12.1. The van der Waals surface area contributed by atoms with Gasteiger partial charge in [0.2, 0.25) is 11.8 Å². The first-order valence-electron chi connectivity index (χ1n) is 13.0. The molecular weight excluding hydrogens is 402 g/mol. The van der Waals surface area contributed by atoms with Gasteiger partial charge in [-0.05, 0) is 75.0 Å². The minimum Gasteiger partial charge on any atom is -0.365 e. The highest BCUT2D eigenvalue weighted by Gasteiger charge is 2.47. The molecule has 4 fully saturated rings. The average molecular weight is 448 g/mol. The topological polar surface area (TPSA) is 70.7 Å². The van der Waals surface area contributed by atoms with Gasteiger partial charge in [-0.2, -0.15) is 0 Å². The van der Waals surface area contributed by atoms with Crippen molar-refractivity contribution in [3.63, 3.8) is 0 Å². The van der Waals surface area contributed by atoms with Crippen molar-refractivity contribution in [2.75, 3.05) is 13.6 Å². The van der Waals surface area contributed by atoms with Gasteiger partial charge in [0.1, 0.15) is 6.10 Å². The highest BCUT2D eigenvalue weighted by atomic mass is 16.5. The summed E-state index contributed by atoms with van der Waals surface area (Å²) in [4.78, 5) is 28.4. The van der Waals surface area contributed by atoms with E-state index < -0.39 is 0 Å². The minimum atomic E-state index is -0.324. The molecule has 0 radical (unpaired) electrons. The largest absolute Gasteiger partial charge is 0.365 e. The third-order valence-corrected chi connectivity index (χ3v) is 8.99. The van der Waals surface area contributed by atoms with E-state index in [9.17, 15) is 9.59 Å². The van der Waals surface area contributed by atoms with Crippen molar-refractivity contribution < 1.29 is 14.3 Å². The van der Waals surface area contributed by atoms with Crippen molar-refractivity contribution in [3.8, 4) is 0 Å². The minimum absolute atomic E-state index is 0.0488. The van der Waals surface area contributed by atoms with E-state index in [-0.39, 0.29) is 35.5 Å². The Kier molecular flexibility index (Phi) is 6.94. The second kappa shape index (κ2) is 9.25. The fraction of sp³-hybridized carbons (Fsp3) is 0.923. The second-order valence-corrected chi connectivity index (χ2v) is 12.4. The highest BCUT2D eigenvalue weighted by molar-refractivity contribution is 5.82. The molecule has 0 aromatic heterocycles. The predicted molar refractivity (Wildman–Crippen MR) is 126 cm³/mol. The lowest BCUT2D eigenvalue weighted by atomic mass is 9.65. The number of amides is 2. The summed E-state index contributed by atoms with van der Waals surface area (Å²) in [7, 11) is 2.01. The summed E-state index contributed by atoms with van der Waals surface area (Å²) in [5.74, 6) is 1.87. The number of rotatable bonds is 3. The molecule has 3 saturated heterocycles. The van der Waals surface area contributed by atoms with Crippen molar-refractivity contribution in [1.82, 2.24) is 15.5 Å². The van der Waals surface area contributed by atoms with Crippen LogP contribution < -0.4 is 10.6 Å². The van der Waals surface area contributed by atoms with E-state index in [1.165, 1.54) is 0 Å². The number of nitrogens with zero attached hydrogens (tertiary/aromatic N) is 1. The molecule has 0 aromatic carbocycles. The zero-order valence-electron chi connectivity index (χ0n) is 21.0. The number of carbonyl (C=O) groups excluding carboxylic acids is 2. The molecule has 4 aliphatic rings. The van der Waals surface area contributed by atoms with Crippen LogP contribution in [0.4, 0.5) is 0 Å². The molecule has 0 aromatic rings. The molecule has 2 amide bonds. The summed E-state index contributed by atoms with van der Waals surface area (Å²) in [6.07, 6.45) is 6.60. The predicted octanol–water partition coefficient (Wildman–Crippen LogP) is 3.35. The summed E-state index contributed by atoms with van der Waals surface area (Å²) < 4.78 is 6.11. The maximum Gasteiger partial charge on any atom is 0.249 e. The molecule has 9 unspecified atom stereocenters. The van der Waals surface area contributed by atoms with Crippen LogP contribution in [0.3, 0.4) is 0 Å². The van der Waals surface area contributed by atoms with Gasteiger partial charge in [-0.3, -0.25) is 9.59 Å². The average Bonchev–Trinajstić information content (AvgIpc) is 3.24. The van der Waals surface area contributed by atoms with Crippen LogP contribution in [-0.2, 0) is 14.3 Å². The smallest absolute Gasteiger partial charge is 0.249 e. The Morgan fingerprint density at radius 3 is 2.53 bits per heavy atom. The van der Waals surface area contributed by atoms with Crippen molar-refractivity contribution in [1.29, 1.82) is 0 Å². The SMILES string of the molecule is CC1CC2C(CN1)CC(C1CC(NC(=O)C3CCC(C(C)(C)C)O3)CCC1C)C(=O)N2C. The van der Waals surface area contributed by atoms with Gasteiger partial charge in [0.05, 0.1) is 6.10 Å². The fourth-order valence-electron chi connectivity index (χ4n) is 6.86. The van der Waals surface area contributed by atoms with E-state index in [4.69, 9.17) is 4.74 Å². The van der Waals surface area contributed by atoms with Gasteiger partial charge in [0, 0.05) is 37.6 Å². The van der Waals surface area contributed by atoms with Crippen LogP contribution in [0, 0.1) is 29.1 Å². The van der Waals surface area contributed by atoms with Crippen LogP contribution >= 0.6 is 0 Å². The number of hydrogen-bond donors (Lipinski definition) is 2. The van der Waals surface area contributed by atoms with E-state index in [2.05, 4.69) is 50.2 Å². The highest BCUT2D eigenvalue weighted by Crippen LogP contribution is 2.43. The Balaban J connectivity index is 1.37. The number of likely N-dealkylation sites (tertiary alicyclic amines) is 1. The second-order valence-electron chi connectivity index (χ2n) is 12.4. The fourth-order valence-corrected chi connectivity index (χ4v) is 6.86. The number of fused-ring (bicyclic) bond motifs is 1. The Morgan fingerprint density at radius 1 is 1.09 bits per heavy atom. The molecule has 32 heavy (non-hydrogen) atoms. The van der Waals surface area contributed by atoms with E-state index in [1.807, 2.05) is 7.05 Å². The quantitative estimate of drug-likeness (QED) is 0.696.